The predicted octanol–water partition coefficient (Wildman–Crippen LogP) is 3.70. The first-order chi connectivity index (χ1) is 21.0. The molecule has 45 heavy (non-hydrogen) atoms. The number of hydrogen-bond donors (Lipinski definition) is 0. The van der Waals surface area contributed by atoms with Crippen molar-refractivity contribution in [3.8, 4) is 0 Å². The molecule has 0 saturated carbocycles. The number of aromatic nitrogens is 4. The molecule has 10 heteroatoms. The van der Waals surface area contributed by atoms with Gasteiger partial charge in [0.15, 0.2) is 0 Å². The predicted molar refractivity (Wildman–Crippen MR) is 171 cm³/mol. The molecule has 0 saturated heterocycles. The van der Waals surface area contributed by atoms with Crippen LogP contribution in [0.4, 0.5) is 0 Å². The number of carbonyl (C=O) groups is 2. The van der Waals surface area contributed by atoms with Gasteiger partial charge in [-0.15, -0.1) is 22.1 Å². The number of nitrogens with zero attached hydrogens (tertiary/aromatic N) is 4. The molecule has 2 atom stereocenters. The molecule has 0 aromatic carbocycles. The molecule has 0 radical (unpaired) electrons. The van der Waals surface area contributed by atoms with Crippen LogP contribution < -0.4 is 20.2 Å². The smallest absolute Gasteiger partial charge is 0.871 e. The van der Waals surface area contributed by atoms with E-state index in [0.29, 0.717) is 50.5 Å². The minimum Gasteiger partial charge on any atom is -0.871 e. The van der Waals surface area contributed by atoms with Gasteiger partial charge in [0, 0.05) is 29.1 Å². The largest absolute Gasteiger partial charge is 2.00 e. The zero-order valence-corrected chi connectivity index (χ0v) is 27.3. The standard InChI is InChI=1S/C35H34N4O5.Mg/c1-8-19-15(3)22-12-24-17(5)21(10-11-28(40)41)32(38-24)30-31(35(43)44-7)34(42)29-18(6)25(39-33(29)30)14-27-20(9-2)16(4)23(37-27)13-26(19)36-22;/h8-9,12-14,17,21H,1-2,10-11H2,3-7H3,(H4,36,37,38,39,40,41,42,43);/q;+2/p-4/t17-,21-;/m0./s1. The molecule has 3 aliphatic rings. The molecule has 3 aromatic rings. The van der Waals surface area contributed by atoms with E-state index in [1.54, 1.807) is 19.1 Å². The number of carboxylic acid groups (broad SMARTS) is 1. The summed E-state index contributed by atoms with van der Waals surface area (Å²) in [6.45, 7) is 15.7. The number of hydrogen-bond acceptors (Lipinski definition) is 7. The quantitative estimate of drug-likeness (QED) is 0.301. The Morgan fingerprint density at radius 3 is 2.33 bits per heavy atom. The van der Waals surface area contributed by atoms with Gasteiger partial charge in [0.1, 0.15) is 0 Å². The third-order valence-electron chi connectivity index (χ3n) is 9.00. The van der Waals surface area contributed by atoms with Crippen LogP contribution in [-0.4, -0.2) is 52.1 Å². The van der Waals surface area contributed by atoms with Crippen LogP contribution in [0.3, 0.4) is 0 Å². The Labute approximate surface area is 276 Å². The first kappa shape index (κ1) is 32.0. The summed E-state index contributed by atoms with van der Waals surface area (Å²) in [6.07, 6.45) is 3.46. The normalized spacial score (nSPS) is 16.9. The molecule has 2 aliphatic heterocycles. The number of carbonyl (C=O) groups excluding carboxylic acids is 2. The molecule has 1 aliphatic carbocycles. The van der Waals surface area contributed by atoms with Gasteiger partial charge in [-0.2, -0.15) is 0 Å². The maximum absolute atomic E-state index is 13.9. The Morgan fingerprint density at radius 1 is 0.978 bits per heavy atom. The van der Waals surface area contributed by atoms with Crippen LogP contribution in [-0.2, 0) is 14.3 Å². The first-order valence-electron chi connectivity index (χ1n) is 14.3. The van der Waals surface area contributed by atoms with E-state index in [-0.39, 0.29) is 52.9 Å². The van der Waals surface area contributed by atoms with Gasteiger partial charge in [-0.3, -0.25) is 4.98 Å². The number of methoxy groups -OCH3 is 1. The van der Waals surface area contributed by atoms with Gasteiger partial charge in [0.05, 0.1) is 29.8 Å². The van der Waals surface area contributed by atoms with E-state index in [2.05, 4.69) is 13.2 Å². The fraction of sp³-hybridized carbons (Fsp3) is 0.257. The van der Waals surface area contributed by atoms with E-state index in [1.807, 2.05) is 39.0 Å². The van der Waals surface area contributed by atoms with Crippen molar-refractivity contribution < 1.29 is 24.5 Å². The Balaban J connectivity index is 0.00000400. The van der Waals surface area contributed by atoms with E-state index in [9.17, 15) is 19.8 Å². The van der Waals surface area contributed by atoms with Crippen LogP contribution in [0.25, 0.3) is 50.6 Å². The van der Waals surface area contributed by atoms with Crippen LogP contribution in [0.5, 0.6) is 0 Å². The van der Waals surface area contributed by atoms with Crippen molar-refractivity contribution in [3.63, 3.8) is 0 Å². The van der Waals surface area contributed by atoms with E-state index in [4.69, 9.17) is 24.7 Å². The molecule has 0 N–H and O–H groups in total. The fourth-order valence-corrected chi connectivity index (χ4v) is 6.52. The van der Waals surface area contributed by atoms with Crippen molar-refractivity contribution in [2.24, 2.45) is 0 Å². The van der Waals surface area contributed by atoms with E-state index in [0.717, 1.165) is 27.8 Å². The van der Waals surface area contributed by atoms with Crippen molar-refractivity contribution >= 4 is 85.6 Å². The van der Waals surface area contributed by atoms with Crippen LogP contribution >= 0.6 is 0 Å². The second-order valence-electron chi connectivity index (χ2n) is 11.3. The van der Waals surface area contributed by atoms with Crippen molar-refractivity contribution in [1.29, 1.82) is 0 Å². The van der Waals surface area contributed by atoms with Gasteiger partial charge >= 0.3 is 29.0 Å². The molecule has 0 unspecified atom stereocenters. The summed E-state index contributed by atoms with van der Waals surface area (Å²) in [5, 5.41) is 25.5. The molecule has 9 nitrogen and oxygen atoms in total. The van der Waals surface area contributed by atoms with E-state index in [1.165, 1.54) is 7.11 Å². The van der Waals surface area contributed by atoms with Crippen molar-refractivity contribution in [3.05, 3.63) is 88.0 Å². The number of aryl methyl sites for hydroxylation is 2. The molecular weight excluding hydrogens is 581 g/mol. The summed E-state index contributed by atoms with van der Waals surface area (Å²) in [4.78, 5) is 44.4. The third kappa shape index (κ3) is 4.92. The third-order valence-corrected chi connectivity index (χ3v) is 9.00. The number of aliphatic carboxylic acids is 1. The first-order valence-corrected chi connectivity index (χ1v) is 14.3. The van der Waals surface area contributed by atoms with Crippen molar-refractivity contribution in [2.45, 2.75) is 52.4 Å². The Morgan fingerprint density at radius 2 is 1.69 bits per heavy atom. The molecule has 3 aromatic heterocycles. The summed E-state index contributed by atoms with van der Waals surface area (Å²) < 4.78 is 5.06. The Hall–Kier alpha value is -4.41. The van der Waals surface area contributed by atoms with E-state index < -0.39 is 23.6 Å². The molecule has 0 spiro atoms. The molecule has 0 fully saturated rings. The maximum atomic E-state index is 13.9. The van der Waals surface area contributed by atoms with Crippen molar-refractivity contribution in [2.75, 3.05) is 7.11 Å². The Kier molecular flexibility index (Phi) is 8.41. The monoisotopic (exact) mass is 610 g/mol. The number of esters is 1. The molecule has 5 heterocycles. The molecule has 0 amide bonds. The minimum atomic E-state index is -1.20. The van der Waals surface area contributed by atoms with Crippen LogP contribution in [0.1, 0.15) is 89.1 Å². The summed E-state index contributed by atoms with van der Waals surface area (Å²) in [7, 11) is 1.21. The van der Waals surface area contributed by atoms with Gasteiger partial charge in [0.2, 0.25) is 0 Å². The zero-order chi connectivity index (χ0) is 31.6. The number of carboxylic acids is 1. The second-order valence-corrected chi connectivity index (χ2v) is 11.3. The van der Waals surface area contributed by atoms with Gasteiger partial charge < -0.3 is 29.7 Å². The van der Waals surface area contributed by atoms with Crippen LogP contribution in [0, 0.1) is 13.8 Å². The summed E-state index contributed by atoms with van der Waals surface area (Å²) in [5.74, 6) is -3.21. The van der Waals surface area contributed by atoms with Gasteiger partial charge in [-0.25, -0.2) is 9.78 Å². The molecule has 6 rings (SSSR count). The average Bonchev–Trinajstić information content (AvgIpc) is 3.72. The number of rotatable bonds is 6. The van der Waals surface area contributed by atoms with Gasteiger partial charge in [-0.05, 0) is 61.9 Å². The van der Waals surface area contributed by atoms with Crippen LogP contribution in [0.2, 0.25) is 0 Å². The Bertz CT molecular complexity index is 2060. The fourth-order valence-electron chi connectivity index (χ4n) is 6.52. The SMILES string of the molecule is C=CC1=C(C)c2cc3nc(c4c5[n-]c(cc6[n-]c(cc1n2)c(C)c6C=C)c(C)c5C([O-])=C4C(=O)OC)[C@@H](CCC(=O)[O-])[C@@H]3C.[Mg+2]. The molecular formula is C35H30MgN4O5-2. The van der Waals surface area contributed by atoms with Crippen LogP contribution in [0.15, 0.2) is 37.4 Å². The second kappa shape index (κ2) is 11.8. The minimum absolute atomic E-state index is 0. The number of ether oxygens (including phenoxy) is 1. The topological polar surface area (TPSA) is 143 Å². The summed E-state index contributed by atoms with van der Waals surface area (Å²) in [6, 6.07) is 5.61. The maximum Gasteiger partial charge on any atom is 2.00 e. The molecule has 224 valence electrons. The zero-order valence-electron chi connectivity index (χ0n) is 25.9. The number of allylic oxidation sites excluding steroid dienone is 3. The van der Waals surface area contributed by atoms with E-state index >= 15 is 0 Å². The summed E-state index contributed by atoms with van der Waals surface area (Å²) in [5.41, 5.74) is 9.15. The average molecular weight is 611 g/mol. The molecule has 8 bridgehead atoms. The van der Waals surface area contributed by atoms with Gasteiger partial charge in [0.25, 0.3) is 0 Å². The number of fused-ring (bicyclic) bond motifs is 8. The summed E-state index contributed by atoms with van der Waals surface area (Å²) >= 11 is 0. The van der Waals surface area contributed by atoms with Gasteiger partial charge in [-0.1, -0.05) is 61.3 Å². The van der Waals surface area contributed by atoms with Crippen molar-refractivity contribution in [1.82, 2.24) is 19.9 Å².